The second kappa shape index (κ2) is 5.51. The van der Waals surface area contributed by atoms with Crippen LogP contribution in [0.3, 0.4) is 0 Å². The van der Waals surface area contributed by atoms with E-state index in [9.17, 15) is 4.79 Å². The lowest BCUT2D eigenvalue weighted by molar-refractivity contribution is 0.830. The molecule has 7 nitrogen and oxygen atoms in total. The summed E-state index contributed by atoms with van der Waals surface area (Å²) in [6.07, 6.45) is 4.56. The lowest BCUT2D eigenvalue weighted by Gasteiger charge is -2.16. The van der Waals surface area contributed by atoms with Crippen molar-refractivity contribution >= 4 is 11.6 Å². The average molecular weight is 280 g/mol. The Kier molecular flexibility index (Phi) is 3.40. The highest BCUT2D eigenvalue weighted by molar-refractivity contribution is 5.54. The SMILES string of the molecule is NN(c1ccccc1)c1ncn(-c2cccnc2)c(=O)n1. The van der Waals surface area contributed by atoms with Gasteiger partial charge in [0.05, 0.1) is 17.6 Å². The number of anilines is 2. The predicted octanol–water partition coefficient (Wildman–Crippen LogP) is 1.03. The van der Waals surface area contributed by atoms with Crippen molar-refractivity contribution in [3.63, 3.8) is 0 Å². The van der Waals surface area contributed by atoms with Crippen molar-refractivity contribution in [2.75, 3.05) is 5.01 Å². The first-order valence-corrected chi connectivity index (χ1v) is 6.22. The Bertz CT molecular complexity index is 787. The average Bonchev–Trinajstić information content (AvgIpc) is 2.55. The summed E-state index contributed by atoms with van der Waals surface area (Å²) in [5.74, 6) is 6.05. The fourth-order valence-electron chi connectivity index (χ4n) is 1.82. The number of nitrogens with zero attached hydrogens (tertiary/aromatic N) is 5. The molecule has 0 atom stereocenters. The predicted molar refractivity (Wildman–Crippen MR) is 78.2 cm³/mol. The van der Waals surface area contributed by atoms with Gasteiger partial charge in [-0.15, -0.1) is 0 Å². The van der Waals surface area contributed by atoms with E-state index in [0.29, 0.717) is 11.4 Å². The van der Waals surface area contributed by atoms with Gasteiger partial charge in [0.15, 0.2) is 0 Å². The topological polar surface area (TPSA) is 89.9 Å². The number of hydrazine groups is 1. The first-order valence-electron chi connectivity index (χ1n) is 6.22. The molecule has 0 bridgehead atoms. The van der Waals surface area contributed by atoms with Gasteiger partial charge in [-0.05, 0) is 24.3 Å². The Balaban J connectivity index is 1.97. The number of nitrogens with two attached hydrogens (primary N) is 1. The van der Waals surface area contributed by atoms with Crippen LogP contribution in [-0.4, -0.2) is 19.5 Å². The monoisotopic (exact) mass is 280 g/mol. The van der Waals surface area contributed by atoms with Crippen LogP contribution >= 0.6 is 0 Å². The summed E-state index contributed by atoms with van der Waals surface area (Å²) in [5.41, 5.74) is 0.813. The van der Waals surface area contributed by atoms with Crippen LogP contribution in [0.5, 0.6) is 0 Å². The number of hydrogen-bond acceptors (Lipinski definition) is 6. The van der Waals surface area contributed by atoms with Crippen LogP contribution in [0.2, 0.25) is 0 Å². The fourth-order valence-corrected chi connectivity index (χ4v) is 1.82. The van der Waals surface area contributed by atoms with E-state index in [0.717, 1.165) is 0 Å². The summed E-state index contributed by atoms with van der Waals surface area (Å²) < 4.78 is 1.30. The molecule has 0 saturated heterocycles. The Hall–Kier alpha value is -3.06. The van der Waals surface area contributed by atoms with E-state index in [-0.39, 0.29) is 5.95 Å². The molecule has 1 aromatic carbocycles. The quantitative estimate of drug-likeness (QED) is 0.569. The Morgan fingerprint density at radius 1 is 1.10 bits per heavy atom. The van der Waals surface area contributed by atoms with Crippen molar-refractivity contribution < 1.29 is 0 Å². The molecule has 0 fully saturated rings. The van der Waals surface area contributed by atoms with Gasteiger partial charge in [0.25, 0.3) is 5.95 Å². The standard InChI is InChI=1S/C14H12N6O/c15-20(11-5-2-1-3-6-11)13-17-10-19(14(21)18-13)12-7-4-8-16-9-12/h1-10H,15H2. The zero-order chi connectivity index (χ0) is 14.7. The van der Waals surface area contributed by atoms with E-state index in [1.807, 2.05) is 18.2 Å². The van der Waals surface area contributed by atoms with Gasteiger partial charge in [0.2, 0.25) is 0 Å². The molecular weight excluding hydrogens is 268 g/mol. The molecule has 0 unspecified atom stereocenters. The van der Waals surface area contributed by atoms with E-state index in [1.54, 1.807) is 36.7 Å². The molecular formula is C14H12N6O. The second-order valence-corrected chi connectivity index (χ2v) is 4.23. The van der Waals surface area contributed by atoms with Crippen molar-refractivity contribution in [3.05, 3.63) is 71.7 Å². The Morgan fingerprint density at radius 3 is 2.57 bits per heavy atom. The van der Waals surface area contributed by atoms with Gasteiger partial charge in [-0.3, -0.25) is 4.98 Å². The molecule has 0 spiro atoms. The van der Waals surface area contributed by atoms with Crippen LogP contribution in [0.4, 0.5) is 11.6 Å². The zero-order valence-electron chi connectivity index (χ0n) is 11.0. The minimum Gasteiger partial charge on any atom is -0.263 e. The Morgan fingerprint density at radius 2 is 1.90 bits per heavy atom. The van der Waals surface area contributed by atoms with Gasteiger partial charge in [0, 0.05) is 6.20 Å². The van der Waals surface area contributed by atoms with Crippen LogP contribution < -0.4 is 16.5 Å². The van der Waals surface area contributed by atoms with E-state index in [4.69, 9.17) is 5.84 Å². The lowest BCUT2D eigenvalue weighted by Crippen LogP contribution is -2.31. The van der Waals surface area contributed by atoms with Gasteiger partial charge in [-0.25, -0.2) is 25.2 Å². The van der Waals surface area contributed by atoms with E-state index < -0.39 is 5.69 Å². The molecule has 3 rings (SSSR count). The van der Waals surface area contributed by atoms with E-state index >= 15 is 0 Å². The summed E-state index contributed by atoms with van der Waals surface area (Å²) in [6, 6.07) is 12.6. The first kappa shape index (κ1) is 12.9. The maximum absolute atomic E-state index is 12.1. The number of pyridine rings is 1. The third-order valence-electron chi connectivity index (χ3n) is 2.86. The largest absolute Gasteiger partial charge is 0.356 e. The summed E-state index contributed by atoms with van der Waals surface area (Å²) in [5, 5.41) is 1.26. The minimum absolute atomic E-state index is 0.131. The molecule has 0 aliphatic heterocycles. The highest BCUT2D eigenvalue weighted by Gasteiger charge is 2.10. The molecule has 0 aliphatic carbocycles. The zero-order valence-corrected chi connectivity index (χ0v) is 11.0. The molecule has 0 amide bonds. The van der Waals surface area contributed by atoms with Crippen LogP contribution in [0.25, 0.3) is 5.69 Å². The molecule has 7 heteroatoms. The fraction of sp³-hybridized carbons (Fsp3) is 0. The van der Waals surface area contributed by atoms with Crippen LogP contribution in [-0.2, 0) is 0 Å². The molecule has 3 aromatic rings. The summed E-state index contributed by atoms with van der Waals surface area (Å²) in [6.45, 7) is 0. The molecule has 2 aromatic heterocycles. The van der Waals surface area contributed by atoms with Gasteiger partial charge < -0.3 is 0 Å². The maximum atomic E-state index is 12.1. The van der Waals surface area contributed by atoms with E-state index in [2.05, 4.69) is 15.0 Å². The van der Waals surface area contributed by atoms with Gasteiger partial charge in [-0.2, -0.15) is 4.98 Å². The number of aromatic nitrogens is 4. The molecule has 2 heterocycles. The van der Waals surface area contributed by atoms with Crippen molar-refractivity contribution in [1.82, 2.24) is 19.5 Å². The van der Waals surface area contributed by atoms with Crippen LogP contribution in [0.15, 0.2) is 66.0 Å². The van der Waals surface area contributed by atoms with Gasteiger partial charge in [-0.1, -0.05) is 18.2 Å². The molecule has 0 aliphatic rings. The number of hydrogen-bond donors (Lipinski definition) is 1. The number of rotatable bonds is 3. The van der Waals surface area contributed by atoms with Crippen molar-refractivity contribution in [3.8, 4) is 5.69 Å². The summed E-state index contributed by atoms with van der Waals surface area (Å²) >= 11 is 0. The van der Waals surface area contributed by atoms with Crippen molar-refractivity contribution in [1.29, 1.82) is 0 Å². The summed E-state index contributed by atoms with van der Waals surface area (Å²) in [7, 11) is 0. The van der Waals surface area contributed by atoms with Gasteiger partial charge in [0.1, 0.15) is 6.33 Å². The van der Waals surface area contributed by atoms with Gasteiger partial charge >= 0.3 is 5.69 Å². The molecule has 0 saturated carbocycles. The summed E-state index contributed by atoms with van der Waals surface area (Å²) in [4.78, 5) is 24.0. The second-order valence-electron chi connectivity index (χ2n) is 4.23. The normalized spacial score (nSPS) is 10.3. The molecule has 0 radical (unpaired) electrons. The third kappa shape index (κ3) is 2.63. The minimum atomic E-state index is -0.473. The van der Waals surface area contributed by atoms with Crippen LogP contribution in [0.1, 0.15) is 0 Å². The molecule has 21 heavy (non-hydrogen) atoms. The first-order chi connectivity index (χ1) is 10.3. The van der Waals surface area contributed by atoms with Crippen LogP contribution in [0, 0.1) is 0 Å². The smallest absolute Gasteiger partial charge is 0.263 e. The maximum Gasteiger partial charge on any atom is 0.356 e. The lowest BCUT2D eigenvalue weighted by atomic mass is 10.3. The highest BCUT2D eigenvalue weighted by atomic mass is 16.1. The number of benzene rings is 1. The Labute approximate surface area is 120 Å². The molecule has 104 valence electrons. The molecule has 2 N–H and O–H groups in total. The third-order valence-corrected chi connectivity index (χ3v) is 2.86. The van der Waals surface area contributed by atoms with E-state index in [1.165, 1.54) is 15.9 Å². The van der Waals surface area contributed by atoms with Crippen molar-refractivity contribution in [2.24, 2.45) is 5.84 Å². The van der Waals surface area contributed by atoms with Crippen molar-refractivity contribution in [2.45, 2.75) is 0 Å². The highest BCUT2D eigenvalue weighted by Crippen LogP contribution is 2.15. The number of para-hydroxylation sites is 1.